The van der Waals surface area contributed by atoms with Gasteiger partial charge in [-0.2, -0.15) is 0 Å². The van der Waals surface area contributed by atoms with E-state index in [-0.39, 0.29) is 0 Å². The Hall–Kier alpha value is -1.45. The lowest BCUT2D eigenvalue weighted by molar-refractivity contribution is 0.638. The molecule has 72 valence electrons. The van der Waals surface area contributed by atoms with Crippen LogP contribution in [-0.2, 0) is 6.54 Å². The normalized spacial score (nSPS) is 16.4. The number of aromatic nitrogens is 4. The van der Waals surface area contributed by atoms with E-state index in [0.29, 0.717) is 0 Å². The van der Waals surface area contributed by atoms with Crippen LogP contribution in [0.2, 0.25) is 0 Å². The Morgan fingerprint density at radius 3 is 3.00 bits per heavy atom. The molecule has 0 spiro atoms. The molecule has 4 nitrogen and oxygen atoms in total. The zero-order valence-corrected chi connectivity index (χ0v) is 8.14. The van der Waals surface area contributed by atoms with Crippen molar-refractivity contribution in [3.05, 3.63) is 18.3 Å². The van der Waals surface area contributed by atoms with Gasteiger partial charge in [-0.3, -0.25) is 0 Å². The molecule has 14 heavy (non-hydrogen) atoms. The fraction of sp³-hybridized carbons (Fsp3) is 0.500. The van der Waals surface area contributed by atoms with Crippen LogP contribution in [0.15, 0.2) is 12.7 Å². The maximum atomic E-state index is 4.34. The maximum Gasteiger partial charge on any atom is 0.163 e. The molecule has 0 bridgehead atoms. The molecule has 1 saturated carbocycles. The largest absolute Gasteiger partial charge is 0.315 e. The average molecular weight is 188 g/mol. The summed E-state index contributed by atoms with van der Waals surface area (Å²) in [4.78, 5) is 12.7. The first-order valence-corrected chi connectivity index (χ1v) is 4.97. The lowest BCUT2D eigenvalue weighted by Gasteiger charge is -2.00. The molecule has 0 unspecified atom stereocenters. The molecule has 1 aliphatic carbocycles. The van der Waals surface area contributed by atoms with Crippen LogP contribution >= 0.6 is 0 Å². The zero-order chi connectivity index (χ0) is 9.54. The zero-order valence-electron chi connectivity index (χ0n) is 8.14. The van der Waals surface area contributed by atoms with Crippen LogP contribution in [0.25, 0.3) is 11.2 Å². The van der Waals surface area contributed by atoms with Crippen molar-refractivity contribution in [3.63, 3.8) is 0 Å². The lowest BCUT2D eigenvalue weighted by Crippen LogP contribution is -1.99. The second-order valence-corrected chi connectivity index (χ2v) is 3.97. The molecule has 1 aliphatic rings. The summed E-state index contributed by atoms with van der Waals surface area (Å²) in [5.74, 6) is 0.850. The number of hydrogen-bond acceptors (Lipinski definition) is 3. The van der Waals surface area contributed by atoms with Crippen molar-refractivity contribution in [3.8, 4) is 0 Å². The van der Waals surface area contributed by atoms with Gasteiger partial charge < -0.3 is 4.57 Å². The summed E-state index contributed by atoms with van der Waals surface area (Å²) in [5, 5.41) is 0. The Morgan fingerprint density at radius 1 is 1.36 bits per heavy atom. The summed E-state index contributed by atoms with van der Waals surface area (Å²) in [6.07, 6.45) is 6.20. The van der Waals surface area contributed by atoms with Gasteiger partial charge >= 0.3 is 0 Å². The molecular weight excluding hydrogens is 176 g/mol. The van der Waals surface area contributed by atoms with Crippen molar-refractivity contribution in [2.45, 2.75) is 26.3 Å². The van der Waals surface area contributed by atoms with Crippen LogP contribution < -0.4 is 0 Å². The number of hydrogen-bond donors (Lipinski definition) is 0. The van der Waals surface area contributed by atoms with Gasteiger partial charge in [0.15, 0.2) is 5.65 Å². The van der Waals surface area contributed by atoms with Gasteiger partial charge in [0.05, 0.1) is 12.0 Å². The summed E-state index contributed by atoms with van der Waals surface area (Å²) >= 11 is 0. The van der Waals surface area contributed by atoms with Gasteiger partial charge in [-0.1, -0.05) is 0 Å². The third-order valence-electron chi connectivity index (χ3n) is 2.74. The Kier molecular flexibility index (Phi) is 1.56. The SMILES string of the molecule is Cc1ncnc2c1ncn2CC1CC1. The van der Waals surface area contributed by atoms with Crippen molar-refractivity contribution in [2.24, 2.45) is 5.92 Å². The van der Waals surface area contributed by atoms with E-state index >= 15 is 0 Å². The Morgan fingerprint density at radius 2 is 2.21 bits per heavy atom. The smallest absolute Gasteiger partial charge is 0.163 e. The minimum absolute atomic E-state index is 0.850. The third kappa shape index (κ3) is 1.18. The van der Waals surface area contributed by atoms with E-state index in [9.17, 15) is 0 Å². The summed E-state index contributed by atoms with van der Waals surface area (Å²) in [7, 11) is 0. The van der Waals surface area contributed by atoms with Crippen molar-refractivity contribution >= 4 is 11.2 Å². The maximum absolute atomic E-state index is 4.34. The standard InChI is InChI=1S/C10H12N4/c1-7-9-10(12-5-11-7)14(6-13-9)4-8-2-3-8/h5-6,8H,2-4H2,1H3. The van der Waals surface area contributed by atoms with Crippen LogP contribution in [0.1, 0.15) is 18.5 Å². The first-order valence-electron chi connectivity index (χ1n) is 4.97. The third-order valence-corrected chi connectivity index (χ3v) is 2.74. The number of nitrogens with zero attached hydrogens (tertiary/aromatic N) is 4. The Labute approximate surface area is 82.0 Å². The van der Waals surface area contributed by atoms with Crippen LogP contribution in [0.4, 0.5) is 0 Å². The Balaban J connectivity index is 2.10. The highest BCUT2D eigenvalue weighted by atomic mass is 15.1. The molecule has 2 heterocycles. The summed E-state index contributed by atoms with van der Waals surface area (Å²) in [6, 6.07) is 0. The fourth-order valence-electron chi connectivity index (χ4n) is 1.71. The molecule has 4 heteroatoms. The quantitative estimate of drug-likeness (QED) is 0.718. The molecule has 0 aliphatic heterocycles. The van der Waals surface area contributed by atoms with Gasteiger partial charge in [0.2, 0.25) is 0 Å². The number of aryl methyl sites for hydroxylation is 1. The van der Waals surface area contributed by atoms with E-state index in [2.05, 4.69) is 19.5 Å². The van der Waals surface area contributed by atoms with Gasteiger partial charge in [0, 0.05) is 6.54 Å². The summed E-state index contributed by atoms with van der Waals surface area (Å²) < 4.78 is 2.14. The second-order valence-electron chi connectivity index (χ2n) is 3.97. The van der Waals surface area contributed by atoms with Crippen molar-refractivity contribution in [1.29, 1.82) is 0 Å². The molecule has 0 saturated heterocycles. The monoisotopic (exact) mass is 188 g/mol. The molecule has 0 radical (unpaired) electrons. The van der Waals surface area contributed by atoms with Gasteiger partial charge in [-0.25, -0.2) is 15.0 Å². The van der Waals surface area contributed by atoms with E-state index in [0.717, 1.165) is 29.3 Å². The molecule has 0 amide bonds. The van der Waals surface area contributed by atoms with E-state index in [4.69, 9.17) is 0 Å². The van der Waals surface area contributed by atoms with Gasteiger partial charge in [-0.05, 0) is 25.7 Å². The summed E-state index contributed by atoms with van der Waals surface area (Å²) in [5.41, 5.74) is 2.88. The molecule has 0 N–H and O–H groups in total. The van der Waals surface area contributed by atoms with E-state index in [1.165, 1.54) is 12.8 Å². The Bertz CT molecular complexity index is 470. The number of fused-ring (bicyclic) bond motifs is 1. The van der Waals surface area contributed by atoms with Crippen molar-refractivity contribution < 1.29 is 0 Å². The predicted molar refractivity (Wildman–Crippen MR) is 52.8 cm³/mol. The highest BCUT2D eigenvalue weighted by Crippen LogP contribution is 2.31. The highest BCUT2D eigenvalue weighted by Gasteiger charge is 2.22. The van der Waals surface area contributed by atoms with Gasteiger partial charge in [0.1, 0.15) is 11.8 Å². The van der Waals surface area contributed by atoms with Crippen molar-refractivity contribution in [1.82, 2.24) is 19.5 Å². The fourth-order valence-corrected chi connectivity index (χ4v) is 1.71. The number of rotatable bonds is 2. The minimum atomic E-state index is 0.850. The molecule has 0 atom stereocenters. The topological polar surface area (TPSA) is 43.6 Å². The highest BCUT2D eigenvalue weighted by molar-refractivity contribution is 5.72. The van der Waals surface area contributed by atoms with Crippen LogP contribution in [0, 0.1) is 12.8 Å². The summed E-state index contributed by atoms with van der Waals surface area (Å²) in [6.45, 7) is 3.03. The molecule has 3 rings (SSSR count). The van der Waals surface area contributed by atoms with Gasteiger partial charge in [0.25, 0.3) is 0 Å². The minimum Gasteiger partial charge on any atom is -0.315 e. The van der Waals surface area contributed by atoms with Crippen LogP contribution in [-0.4, -0.2) is 19.5 Å². The van der Waals surface area contributed by atoms with E-state index < -0.39 is 0 Å². The molecule has 2 aromatic rings. The van der Waals surface area contributed by atoms with Gasteiger partial charge in [-0.15, -0.1) is 0 Å². The second kappa shape index (κ2) is 2.77. The molecule has 2 aromatic heterocycles. The first-order chi connectivity index (χ1) is 6.84. The molecule has 1 fully saturated rings. The number of imidazole rings is 1. The van der Waals surface area contributed by atoms with Crippen LogP contribution in [0.5, 0.6) is 0 Å². The predicted octanol–water partition coefficient (Wildman–Crippen LogP) is 1.54. The first kappa shape index (κ1) is 7.91. The van der Waals surface area contributed by atoms with E-state index in [1.54, 1.807) is 6.33 Å². The molecule has 0 aromatic carbocycles. The molecular formula is C10H12N4. The average Bonchev–Trinajstić information content (AvgIpc) is 2.88. The lowest BCUT2D eigenvalue weighted by atomic mass is 10.4. The van der Waals surface area contributed by atoms with Crippen molar-refractivity contribution in [2.75, 3.05) is 0 Å². The van der Waals surface area contributed by atoms with Crippen LogP contribution in [0.3, 0.4) is 0 Å². The van der Waals surface area contributed by atoms with E-state index in [1.807, 2.05) is 13.3 Å².